The van der Waals surface area contributed by atoms with Crippen LogP contribution in [0.5, 0.6) is 0 Å². The predicted octanol–water partition coefficient (Wildman–Crippen LogP) is 3.40. The quantitative estimate of drug-likeness (QED) is 0.815. The molecule has 0 saturated carbocycles. The van der Waals surface area contributed by atoms with Gasteiger partial charge in [0, 0.05) is 11.8 Å². The number of rotatable bonds is 3. The number of nitrogens with zero attached hydrogens (tertiary/aromatic N) is 2. The molecule has 0 unspecified atom stereocenters. The van der Waals surface area contributed by atoms with E-state index in [4.69, 9.17) is 4.74 Å². The van der Waals surface area contributed by atoms with Crippen molar-refractivity contribution in [3.63, 3.8) is 0 Å². The summed E-state index contributed by atoms with van der Waals surface area (Å²) in [5.74, 6) is -0.504. The Kier molecular flexibility index (Phi) is 4.03. The molecule has 2 aromatic rings. The van der Waals surface area contributed by atoms with Crippen LogP contribution in [0.4, 0.5) is 13.2 Å². The van der Waals surface area contributed by atoms with Crippen LogP contribution in [-0.2, 0) is 10.9 Å². The van der Waals surface area contributed by atoms with Gasteiger partial charge in [-0.2, -0.15) is 13.2 Å². The summed E-state index contributed by atoms with van der Waals surface area (Å²) >= 11 is 1.04. The molecule has 0 N–H and O–H groups in total. The number of carbonyl (C=O) groups is 1. The predicted molar refractivity (Wildman–Crippen MR) is 66.3 cm³/mol. The van der Waals surface area contributed by atoms with Crippen LogP contribution in [-0.4, -0.2) is 22.5 Å². The number of ether oxygens (including phenoxy) is 1. The normalized spacial score (nSPS) is 11.4. The molecule has 2 aromatic heterocycles. The number of aromatic nitrogens is 2. The number of halogens is 3. The lowest BCUT2D eigenvalue weighted by atomic mass is 10.2. The van der Waals surface area contributed by atoms with Crippen LogP contribution < -0.4 is 0 Å². The molecule has 2 rings (SSSR count). The number of hydrogen-bond acceptors (Lipinski definition) is 5. The van der Waals surface area contributed by atoms with Gasteiger partial charge in [0.15, 0.2) is 0 Å². The van der Waals surface area contributed by atoms with Crippen LogP contribution >= 0.6 is 11.3 Å². The standard InChI is InChI=1S/C12H9F3N2O2S/c1-2-19-11(18)8-6-17-10(20-8)7-3-4-9(16-5-7)12(13,14)15/h3-6H,2H2,1H3. The van der Waals surface area contributed by atoms with Crippen molar-refractivity contribution in [2.75, 3.05) is 6.61 Å². The minimum atomic E-state index is -4.47. The molecule has 0 aliphatic carbocycles. The zero-order valence-corrected chi connectivity index (χ0v) is 11.1. The number of hydrogen-bond donors (Lipinski definition) is 0. The molecule has 0 radical (unpaired) electrons. The summed E-state index contributed by atoms with van der Waals surface area (Å²) in [6.07, 6.45) is -2.07. The highest BCUT2D eigenvalue weighted by Crippen LogP contribution is 2.30. The van der Waals surface area contributed by atoms with E-state index >= 15 is 0 Å². The SMILES string of the molecule is CCOC(=O)c1cnc(-c2ccc(C(F)(F)F)nc2)s1. The Morgan fingerprint density at radius 2 is 2.05 bits per heavy atom. The molecule has 0 spiro atoms. The first-order chi connectivity index (χ1) is 9.41. The minimum absolute atomic E-state index is 0.244. The maximum atomic E-state index is 12.4. The van der Waals surface area contributed by atoms with Gasteiger partial charge < -0.3 is 4.74 Å². The molecule has 0 aromatic carbocycles. The third kappa shape index (κ3) is 3.13. The molecular weight excluding hydrogens is 293 g/mol. The maximum absolute atomic E-state index is 12.4. The van der Waals surface area contributed by atoms with Gasteiger partial charge in [0.05, 0.1) is 12.8 Å². The lowest BCUT2D eigenvalue weighted by Crippen LogP contribution is -2.07. The van der Waals surface area contributed by atoms with Crippen molar-refractivity contribution >= 4 is 17.3 Å². The lowest BCUT2D eigenvalue weighted by Gasteiger charge is -2.05. The van der Waals surface area contributed by atoms with Crippen LogP contribution in [0.15, 0.2) is 24.5 Å². The van der Waals surface area contributed by atoms with Crippen molar-refractivity contribution in [1.82, 2.24) is 9.97 Å². The third-order valence-electron chi connectivity index (χ3n) is 2.28. The van der Waals surface area contributed by atoms with Crippen molar-refractivity contribution in [2.45, 2.75) is 13.1 Å². The van der Waals surface area contributed by atoms with E-state index in [0.29, 0.717) is 15.4 Å². The number of pyridine rings is 1. The molecule has 4 nitrogen and oxygen atoms in total. The Bertz CT molecular complexity index is 608. The molecule has 0 aliphatic rings. The van der Waals surface area contributed by atoms with E-state index in [9.17, 15) is 18.0 Å². The molecule has 106 valence electrons. The van der Waals surface area contributed by atoms with E-state index in [1.54, 1.807) is 6.92 Å². The fraction of sp³-hybridized carbons (Fsp3) is 0.250. The van der Waals surface area contributed by atoms with Crippen LogP contribution in [0.3, 0.4) is 0 Å². The number of esters is 1. The second-order valence-corrected chi connectivity index (χ2v) is 4.71. The molecule has 0 saturated heterocycles. The van der Waals surface area contributed by atoms with Crippen molar-refractivity contribution in [3.05, 3.63) is 35.1 Å². The first-order valence-electron chi connectivity index (χ1n) is 5.58. The maximum Gasteiger partial charge on any atom is 0.433 e. The van der Waals surface area contributed by atoms with E-state index in [1.165, 1.54) is 12.3 Å². The molecule has 0 amide bonds. The van der Waals surface area contributed by atoms with Gasteiger partial charge in [-0.1, -0.05) is 0 Å². The molecule has 2 heterocycles. The minimum Gasteiger partial charge on any atom is -0.462 e. The Labute approximate surface area is 116 Å². The average Bonchev–Trinajstić information content (AvgIpc) is 2.88. The van der Waals surface area contributed by atoms with E-state index in [-0.39, 0.29) is 6.61 Å². The second kappa shape index (κ2) is 5.58. The van der Waals surface area contributed by atoms with Gasteiger partial charge in [-0.25, -0.2) is 9.78 Å². The van der Waals surface area contributed by atoms with Gasteiger partial charge in [0.2, 0.25) is 0 Å². The Morgan fingerprint density at radius 1 is 1.30 bits per heavy atom. The van der Waals surface area contributed by atoms with E-state index < -0.39 is 17.8 Å². The van der Waals surface area contributed by atoms with Crippen LogP contribution in [0.1, 0.15) is 22.3 Å². The van der Waals surface area contributed by atoms with Gasteiger partial charge in [0.1, 0.15) is 15.6 Å². The Morgan fingerprint density at radius 3 is 2.60 bits per heavy atom. The smallest absolute Gasteiger partial charge is 0.433 e. The van der Waals surface area contributed by atoms with Crippen molar-refractivity contribution < 1.29 is 22.7 Å². The highest BCUT2D eigenvalue weighted by Gasteiger charge is 2.32. The van der Waals surface area contributed by atoms with Crippen molar-refractivity contribution in [1.29, 1.82) is 0 Å². The van der Waals surface area contributed by atoms with Crippen LogP contribution in [0, 0.1) is 0 Å². The topological polar surface area (TPSA) is 52.1 Å². The summed E-state index contributed by atoms with van der Waals surface area (Å²) in [7, 11) is 0. The number of carbonyl (C=O) groups excluding carboxylic acids is 1. The van der Waals surface area contributed by atoms with Gasteiger partial charge in [-0.3, -0.25) is 4.98 Å². The molecular formula is C12H9F3N2O2S. The Balaban J connectivity index is 2.22. The Hall–Kier alpha value is -1.96. The largest absolute Gasteiger partial charge is 0.462 e. The second-order valence-electron chi connectivity index (χ2n) is 3.68. The van der Waals surface area contributed by atoms with Gasteiger partial charge in [0.25, 0.3) is 0 Å². The van der Waals surface area contributed by atoms with Crippen LogP contribution in [0.2, 0.25) is 0 Å². The summed E-state index contributed by atoms with van der Waals surface area (Å²) in [5, 5.41) is 0.411. The first kappa shape index (κ1) is 14.4. The molecule has 0 bridgehead atoms. The number of alkyl halides is 3. The van der Waals surface area contributed by atoms with Crippen LogP contribution in [0.25, 0.3) is 10.6 Å². The molecule has 0 fully saturated rings. The average molecular weight is 302 g/mol. The third-order valence-corrected chi connectivity index (χ3v) is 3.31. The summed E-state index contributed by atoms with van der Waals surface area (Å²) in [6, 6.07) is 2.14. The summed E-state index contributed by atoms with van der Waals surface area (Å²) in [6.45, 7) is 1.92. The lowest BCUT2D eigenvalue weighted by molar-refractivity contribution is -0.141. The van der Waals surface area contributed by atoms with Gasteiger partial charge in [-0.05, 0) is 19.1 Å². The fourth-order valence-electron chi connectivity index (χ4n) is 1.39. The zero-order chi connectivity index (χ0) is 14.8. The highest BCUT2D eigenvalue weighted by atomic mass is 32.1. The summed E-state index contributed by atoms with van der Waals surface area (Å²) in [5.41, 5.74) is -0.554. The first-order valence-corrected chi connectivity index (χ1v) is 6.40. The summed E-state index contributed by atoms with van der Waals surface area (Å²) in [4.78, 5) is 19.1. The number of thiazole rings is 1. The zero-order valence-electron chi connectivity index (χ0n) is 10.3. The van der Waals surface area contributed by atoms with Crippen molar-refractivity contribution in [2.24, 2.45) is 0 Å². The molecule has 8 heteroatoms. The van der Waals surface area contributed by atoms with E-state index in [2.05, 4.69) is 9.97 Å². The van der Waals surface area contributed by atoms with Crippen molar-refractivity contribution in [3.8, 4) is 10.6 Å². The fourth-order valence-corrected chi connectivity index (χ4v) is 2.19. The highest BCUT2D eigenvalue weighted by molar-refractivity contribution is 7.16. The van der Waals surface area contributed by atoms with E-state index in [0.717, 1.165) is 23.6 Å². The van der Waals surface area contributed by atoms with E-state index in [1.807, 2.05) is 0 Å². The summed E-state index contributed by atoms with van der Waals surface area (Å²) < 4.78 is 41.9. The van der Waals surface area contributed by atoms with Gasteiger partial charge in [-0.15, -0.1) is 11.3 Å². The monoisotopic (exact) mass is 302 g/mol. The molecule has 20 heavy (non-hydrogen) atoms. The molecule has 0 atom stereocenters. The van der Waals surface area contributed by atoms with Gasteiger partial charge >= 0.3 is 12.1 Å². The molecule has 0 aliphatic heterocycles.